The number of hydrogen-bond donors (Lipinski definition) is 1. The van der Waals surface area contributed by atoms with E-state index in [1.807, 2.05) is 13.0 Å². The Morgan fingerprint density at radius 2 is 1.79 bits per heavy atom. The van der Waals surface area contributed by atoms with E-state index in [1.165, 1.54) is 32.4 Å². The number of hydrogen-bond acceptors (Lipinski definition) is 8. The van der Waals surface area contributed by atoms with Crippen LogP contribution in [0.5, 0.6) is 28.7 Å². The van der Waals surface area contributed by atoms with Gasteiger partial charge in [0.25, 0.3) is 0 Å². The summed E-state index contributed by atoms with van der Waals surface area (Å²) in [6, 6.07) is 15.2. The molecule has 4 rings (SSSR count). The molecule has 1 aliphatic heterocycles. The second-order valence-corrected chi connectivity index (χ2v) is 9.03. The monoisotopic (exact) mass is 554 g/mol. The fraction of sp³-hybridized carbons (Fsp3) is 0.214. The number of methoxy groups -OCH3 is 2. The lowest BCUT2D eigenvalue weighted by Crippen LogP contribution is -2.21. The number of para-hydroxylation sites is 1. The molecule has 8 nitrogen and oxygen atoms in total. The van der Waals surface area contributed by atoms with Gasteiger partial charge in [0.05, 0.1) is 42.4 Å². The summed E-state index contributed by atoms with van der Waals surface area (Å²) in [5.74, 6) is 0.429. The molecular weight excluding hydrogens is 531 g/mol. The van der Waals surface area contributed by atoms with E-state index >= 15 is 0 Å². The first kappa shape index (κ1) is 27.0. The van der Waals surface area contributed by atoms with E-state index in [2.05, 4.69) is 6.07 Å². The van der Waals surface area contributed by atoms with Gasteiger partial charge in [-0.3, -0.25) is 0 Å². The number of ether oxygens (including phenoxy) is 5. The van der Waals surface area contributed by atoms with Gasteiger partial charge in [-0.25, -0.2) is 4.79 Å². The molecule has 1 unspecified atom stereocenters. The maximum Gasteiger partial charge on any atom is 0.343 e. The number of fused-ring (bicyclic) bond motifs is 1. The van der Waals surface area contributed by atoms with Crippen LogP contribution in [0.25, 0.3) is 0 Å². The highest BCUT2D eigenvalue weighted by molar-refractivity contribution is 6.37. The summed E-state index contributed by atoms with van der Waals surface area (Å²) in [4.78, 5) is 12.9. The molecule has 1 atom stereocenters. The van der Waals surface area contributed by atoms with Gasteiger partial charge in [0.1, 0.15) is 23.1 Å². The van der Waals surface area contributed by atoms with Crippen molar-refractivity contribution in [2.45, 2.75) is 19.3 Å². The van der Waals surface area contributed by atoms with Crippen molar-refractivity contribution >= 4 is 29.2 Å². The molecule has 0 fully saturated rings. The zero-order chi connectivity index (χ0) is 27.4. The van der Waals surface area contributed by atoms with Crippen LogP contribution in [-0.2, 0) is 0 Å². The number of nitriles is 1. The van der Waals surface area contributed by atoms with Crippen LogP contribution in [0.3, 0.4) is 0 Å². The SMILES string of the molecule is CCCOc1c(Cl)cc(C(=O)Oc2ccc3c(c2)OC(N)=C(C#N)C3c2cccc(OC)c2OC)cc1Cl. The van der Waals surface area contributed by atoms with Gasteiger partial charge in [-0.15, -0.1) is 0 Å². The Bertz CT molecular complexity index is 1440. The van der Waals surface area contributed by atoms with E-state index < -0.39 is 11.9 Å². The second-order valence-electron chi connectivity index (χ2n) is 8.21. The number of nitrogens with zero attached hydrogens (tertiary/aromatic N) is 1. The van der Waals surface area contributed by atoms with Gasteiger partial charge in [0.2, 0.25) is 5.88 Å². The van der Waals surface area contributed by atoms with E-state index in [0.29, 0.717) is 40.7 Å². The Morgan fingerprint density at radius 1 is 1.05 bits per heavy atom. The fourth-order valence-corrected chi connectivity index (χ4v) is 4.74. The smallest absolute Gasteiger partial charge is 0.343 e. The summed E-state index contributed by atoms with van der Waals surface area (Å²) in [5, 5.41) is 10.3. The molecule has 0 radical (unpaired) electrons. The minimum Gasteiger partial charge on any atom is -0.493 e. The zero-order valence-electron chi connectivity index (χ0n) is 20.8. The standard InChI is InChI=1S/C28H24Cl2N2O6/c1-4-10-36-26-20(29)11-15(12-21(26)30)28(33)37-16-8-9-17-23(13-16)38-27(32)19(14-31)24(17)18-6-5-7-22(34-2)25(18)35-3/h5-9,11-13,24H,4,10,32H2,1-3H3. The lowest BCUT2D eigenvalue weighted by molar-refractivity contribution is 0.0734. The largest absolute Gasteiger partial charge is 0.493 e. The van der Waals surface area contributed by atoms with Crippen LogP contribution in [-0.4, -0.2) is 26.8 Å². The van der Waals surface area contributed by atoms with Crippen LogP contribution < -0.4 is 29.4 Å². The first-order chi connectivity index (χ1) is 18.3. The van der Waals surface area contributed by atoms with Gasteiger partial charge in [0.15, 0.2) is 17.2 Å². The molecule has 1 aliphatic rings. The number of carbonyl (C=O) groups excluding carboxylic acids is 1. The number of esters is 1. The molecule has 10 heteroatoms. The minimum absolute atomic E-state index is 0.0698. The molecule has 0 spiro atoms. The van der Waals surface area contributed by atoms with E-state index in [0.717, 1.165) is 6.42 Å². The van der Waals surface area contributed by atoms with Crippen molar-refractivity contribution in [1.29, 1.82) is 5.26 Å². The quantitative estimate of drug-likeness (QED) is 0.257. The summed E-state index contributed by atoms with van der Waals surface area (Å²) in [5.41, 5.74) is 7.78. The molecule has 2 N–H and O–H groups in total. The third kappa shape index (κ3) is 5.17. The highest BCUT2D eigenvalue weighted by Crippen LogP contribution is 2.48. The summed E-state index contributed by atoms with van der Waals surface area (Å²) in [7, 11) is 3.05. The van der Waals surface area contributed by atoms with Crippen LogP contribution in [0.1, 0.15) is 40.7 Å². The first-order valence-corrected chi connectivity index (χ1v) is 12.3. The Kier molecular flexibility index (Phi) is 8.20. The van der Waals surface area contributed by atoms with Crippen LogP contribution in [0, 0.1) is 11.3 Å². The molecule has 196 valence electrons. The highest BCUT2D eigenvalue weighted by Gasteiger charge is 2.34. The predicted octanol–water partition coefficient (Wildman–Crippen LogP) is 6.24. The summed E-state index contributed by atoms with van der Waals surface area (Å²) in [6.45, 7) is 2.39. The number of halogens is 2. The van der Waals surface area contributed by atoms with E-state index in [9.17, 15) is 10.1 Å². The lowest BCUT2D eigenvalue weighted by Gasteiger charge is -2.28. The average molecular weight is 555 g/mol. The van der Waals surface area contributed by atoms with Crippen LogP contribution >= 0.6 is 23.2 Å². The van der Waals surface area contributed by atoms with Gasteiger partial charge >= 0.3 is 5.97 Å². The fourth-order valence-electron chi connectivity index (χ4n) is 4.14. The zero-order valence-corrected chi connectivity index (χ0v) is 22.4. The number of carbonyl (C=O) groups is 1. The van der Waals surface area contributed by atoms with Crippen molar-refractivity contribution in [2.24, 2.45) is 5.73 Å². The van der Waals surface area contributed by atoms with E-state index in [4.69, 9.17) is 52.6 Å². The molecule has 0 bridgehead atoms. The second kappa shape index (κ2) is 11.5. The van der Waals surface area contributed by atoms with Gasteiger partial charge in [-0.2, -0.15) is 5.26 Å². The maximum absolute atomic E-state index is 12.9. The molecule has 0 saturated heterocycles. The van der Waals surface area contributed by atoms with E-state index in [-0.39, 0.29) is 32.8 Å². The molecular formula is C28H24Cl2N2O6. The minimum atomic E-state index is -0.682. The van der Waals surface area contributed by atoms with Crippen molar-refractivity contribution in [1.82, 2.24) is 0 Å². The van der Waals surface area contributed by atoms with Crippen molar-refractivity contribution in [3.8, 4) is 34.8 Å². The van der Waals surface area contributed by atoms with Crippen LogP contribution in [0.2, 0.25) is 10.0 Å². The molecule has 38 heavy (non-hydrogen) atoms. The third-order valence-electron chi connectivity index (χ3n) is 5.83. The lowest BCUT2D eigenvalue weighted by atomic mass is 9.83. The van der Waals surface area contributed by atoms with Crippen LogP contribution in [0.15, 0.2) is 60.0 Å². The summed E-state index contributed by atoms with van der Waals surface area (Å²) < 4.78 is 27.9. The first-order valence-electron chi connectivity index (χ1n) is 11.6. The van der Waals surface area contributed by atoms with Crippen molar-refractivity contribution in [2.75, 3.05) is 20.8 Å². The highest BCUT2D eigenvalue weighted by atomic mass is 35.5. The van der Waals surface area contributed by atoms with Gasteiger partial charge < -0.3 is 29.4 Å². The maximum atomic E-state index is 12.9. The number of benzene rings is 3. The number of allylic oxidation sites excluding steroid dienone is 1. The van der Waals surface area contributed by atoms with E-state index in [1.54, 1.807) is 24.3 Å². The predicted molar refractivity (Wildman–Crippen MR) is 142 cm³/mol. The molecule has 0 saturated carbocycles. The Balaban J connectivity index is 1.68. The topological polar surface area (TPSA) is 113 Å². The Labute approximate surface area is 230 Å². The van der Waals surface area contributed by atoms with Gasteiger partial charge in [-0.1, -0.05) is 48.3 Å². The summed E-state index contributed by atoms with van der Waals surface area (Å²) >= 11 is 12.5. The number of rotatable bonds is 8. The molecule has 0 amide bonds. The molecule has 0 aromatic heterocycles. The third-order valence-corrected chi connectivity index (χ3v) is 6.39. The molecule has 0 aliphatic carbocycles. The molecule has 3 aromatic rings. The Morgan fingerprint density at radius 3 is 2.42 bits per heavy atom. The van der Waals surface area contributed by atoms with Crippen molar-refractivity contribution < 1.29 is 28.5 Å². The number of nitrogens with two attached hydrogens (primary N) is 1. The van der Waals surface area contributed by atoms with Crippen molar-refractivity contribution in [3.05, 3.63) is 86.7 Å². The molecule has 3 aromatic carbocycles. The Hall–Kier alpha value is -4.06. The van der Waals surface area contributed by atoms with Gasteiger partial charge in [-0.05, 0) is 30.7 Å². The van der Waals surface area contributed by atoms with Crippen LogP contribution in [0.4, 0.5) is 0 Å². The average Bonchev–Trinajstić information content (AvgIpc) is 2.91. The molecule has 1 heterocycles. The van der Waals surface area contributed by atoms with Gasteiger partial charge in [0, 0.05) is 17.2 Å². The van der Waals surface area contributed by atoms with Crippen molar-refractivity contribution in [3.63, 3.8) is 0 Å². The normalized spacial score (nSPS) is 14.2. The summed E-state index contributed by atoms with van der Waals surface area (Å²) in [6.07, 6.45) is 0.776.